The number of urea groups is 1. The van der Waals surface area contributed by atoms with Gasteiger partial charge in [-0.2, -0.15) is 13.2 Å². The molecule has 30 heavy (non-hydrogen) atoms. The molecule has 3 amide bonds. The van der Waals surface area contributed by atoms with Crippen molar-refractivity contribution in [1.29, 1.82) is 0 Å². The van der Waals surface area contributed by atoms with Crippen LogP contribution in [0.15, 0.2) is 48.5 Å². The van der Waals surface area contributed by atoms with Gasteiger partial charge in [-0.05, 0) is 42.2 Å². The molecule has 160 valence electrons. The second kappa shape index (κ2) is 9.19. The molecule has 5 nitrogen and oxygen atoms in total. The van der Waals surface area contributed by atoms with Crippen molar-refractivity contribution >= 4 is 17.6 Å². The Kier molecular flexibility index (Phi) is 6.64. The largest absolute Gasteiger partial charge is 0.416 e. The summed E-state index contributed by atoms with van der Waals surface area (Å²) in [4.78, 5) is 25.6. The van der Waals surface area contributed by atoms with Gasteiger partial charge in [0.1, 0.15) is 0 Å². The molecule has 0 aliphatic heterocycles. The van der Waals surface area contributed by atoms with Gasteiger partial charge in [0.25, 0.3) is 0 Å². The minimum atomic E-state index is -4.47. The van der Waals surface area contributed by atoms with Crippen molar-refractivity contribution in [1.82, 2.24) is 10.2 Å². The van der Waals surface area contributed by atoms with Crippen LogP contribution in [0.5, 0.6) is 0 Å². The molecule has 0 bridgehead atoms. The van der Waals surface area contributed by atoms with Crippen LogP contribution in [0.1, 0.15) is 36.0 Å². The van der Waals surface area contributed by atoms with Gasteiger partial charge in [-0.1, -0.05) is 36.8 Å². The third-order valence-corrected chi connectivity index (χ3v) is 5.19. The Morgan fingerprint density at radius 2 is 1.83 bits per heavy atom. The van der Waals surface area contributed by atoms with Gasteiger partial charge >= 0.3 is 12.2 Å². The van der Waals surface area contributed by atoms with Gasteiger partial charge < -0.3 is 15.5 Å². The quantitative estimate of drug-likeness (QED) is 0.708. The average Bonchev–Trinajstić information content (AvgIpc) is 2.64. The molecule has 3 rings (SSSR count). The Bertz CT molecular complexity index is 910. The van der Waals surface area contributed by atoms with E-state index in [2.05, 4.69) is 10.6 Å². The van der Waals surface area contributed by atoms with Crippen LogP contribution >= 0.6 is 0 Å². The number of nitrogens with zero attached hydrogens (tertiary/aromatic N) is 1. The fourth-order valence-electron chi connectivity index (χ4n) is 3.25. The lowest BCUT2D eigenvalue weighted by molar-refractivity contribution is -0.138. The lowest BCUT2D eigenvalue weighted by Crippen LogP contribution is -2.36. The lowest BCUT2D eigenvalue weighted by Gasteiger charge is -2.24. The van der Waals surface area contributed by atoms with Gasteiger partial charge in [-0.3, -0.25) is 4.79 Å². The second-order valence-electron chi connectivity index (χ2n) is 7.49. The highest BCUT2D eigenvalue weighted by molar-refractivity contribution is 5.93. The van der Waals surface area contributed by atoms with Crippen LogP contribution in [0.4, 0.5) is 23.7 Å². The number of rotatable bonds is 6. The van der Waals surface area contributed by atoms with E-state index in [-0.39, 0.29) is 30.5 Å². The molecule has 0 radical (unpaired) electrons. The van der Waals surface area contributed by atoms with E-state index >= 15 is 0 Å². The first kappa shape index (κ1) is 21.7. The smallest absolute Gasteiger partial charge is 0.334 e. The highest BCUT2D eigenvalue weighted by Gasteiger charge is 2.33. The molecule has 1 fully saturated rings. The molecule has 8 heteroatoms. The van der Waals surface area contributed by atoms with Gasteiger partial charge in [0, 0.05) is 31.7 Å². The summed E-state index contributed by atoms with van der Waals surface area (Å²) in [6.45, 7) is 0.0240. The summed E-state index contributed by atoms with van der Waals surface area (Å²) in [6.07, 6.45) is -1.58. The lowest BCUT2D eigenvalue weighted by atomic mass is 9.85. The Labute approximate surface area is 173 Å². The van der Waals surface area contributed by atoms with E-state index in [0.717, 1.165) is 30.9 Å². The van der Waals surface area contributed by atoms with Crippen LogP contribution in [-0.4, -0.2) is 23.9 Å². The molecule has 0 spiro atoms. The normalized spacial score (nSPS) is 14.0. The standard InChI is InChI=1S/C22H24F3N3O2/c1-28(14-17-7-2-3-11-19(17)22(23,24)25)21(30)26-13-15-6-4-10-18(12-15)27-20(29)16-8-5-9-16/h2-4,6-7,10-12,16H,5,8-9,13-14H2,1H3,(H,26,30)(H,27,29). The zero-order valence-corrected chi connectivity index (χ0v) is 16.6. The van der Waals surface area contributed by atoms with Crippen LogP contribution in [0, 0.1) is 5.92 Å². The number of alkyl halides is 3. The maximum absolute atomic E-state index is 13.1. The van der Waals surface area contributed by atoms with Crippen LogP contribution in [-0.2, 0) is 24.1 Å². The summed E-state index contributed by atoms with van der Waals surface area (Å²) >= 11 is 0. The predicted molar refractivity (Wildman–Crippen MR) is 108 cm³/mol. The van der Waals surface area contributed by atoms with E-state index < -0.39 is 17.8 Å². The molecule has 0 unspecified atom stereocenters. The van der Waals surface area contributed by atoms with E-state index in [0.29, 0.717) is 5.69 Å². The van der Waals surface area contributed by atoms with E-state index in [4.69, 9.17) is 0 Å². The number of carbonyl (C=O) groups excluding carboxylic acids is 2. The zero-order chi connectivity index (χ0) is 21.7. The van der Waals surface area contributed by atoms with E-state index in [1.165, 1.54) is 30.1 Å². The molecule has 1 saturated carbocycles. The number of carbonyl (C=O) groups is 2. The molecular formula is C22H24F3N3O2. The number of anilines is 1. The molecular weight excluding hydrogens is 395 g/mol. The van der Waals surface area contributed by atoms with Crippen molar-refractivity contribution in [3.63, 3.8) is 0 Å². The van der Waals surface area contributed by atoms with Crippen LogP contribution in [0.3, 0.4) is 0 Å². The van der Waals surface area contributed by atoms with Gasteiger partial charge in [0.05, 0.1) is 5.56 Å². The first-order valence-corrected chi connectivity index (χ1v) is 9.78. The highest BCUT2D eigenvalue weighted by atomic mass is 19.4. The molecule has 0 atom stereocenters. The summed E-state index contributed by atoms with van der Waals surface area (Å²) in [5.41, 5.74) is 0.716. The maximum atomic E-state index is 13.1. The van der Waals surface area contributed by atoms with Crippen molar-refractivity contribution in [3.8, 4) is 0 Å². The first-order valence-electron chi connectivity index (χ1n) is 9.78. The maximum Gasteiger partial charge on any atom is 0.416 e. The van der Waals surface area contributed by atoms with E-state index in [1.54, 1.807) is 24.3 Å². The van der Waals surface area contributed by atoms with E-state index in [1.807, 2.05) is 0 Å². The Balaban J connectivity index is 1.55. The number of nitrogens with one attached hydrogen (secondary N) is 2. The van der Waals surface area contributed by atoms with Crippen molar-refractivity contribution in [3.05, 3.63) is 65.2 Å². The molecule has 2 aromatic rings. The molecule has 0 heterocycles. The number of amides is 3. The Morgan fingerprint density at radius 3 is 2.50 bits per heavy atom. The van der Waals surface area contributed by atoms with Crippen LogP contribution in [0.2, 0.25) is 0 Å². The monoisotopic (exact) mass is 419 g/mol. The molecule has 0 saturated heterocycles. The SMILES string of the molecule is CN(Cc1ccccc1C(F)(F)F)C(=O)NCc1cccc(NC(=O)C2CCC2)c1. The molecule has 2 aromatic carbocycles. The zero-order valence-electron chi connectivity index (χ0n) is 16.6. The summed E-state index contributed by atoms with van der Waals surface area (Å²) in [7, 11) is 1.44. The number of hydrogen-bond acceptors (Lipinski definition) is 2. The Hall–Kier alpha value is -3.03. The van der Waals surface area contributed by atoms with Gasteiger partial charge in [-0.25, -0.2) is 4.79 Å². The molecule has 1 aliphatic carbocycles. The van der Waals surface area contributed by atoms with Crippen LogP contribution < -0.4 is 10.6 Å². The van der Waals surface area contributed by atoms with Crippen LogP contribution in [0.25, 0.3) is 0 Å². The van der Waals surface area contributed by atoms with Crippen molar-refractivity contribution in [2.45, 2.75) is 38.5 Å². The molecule has 1 aliphatic rings. The number of hydrogen-bond donors (Lipinski definition) is 2. The summed E-state index contributed by atoms with van der Waals surface area (Å²) in [6, 6.07) is 11.8. The van der Waals surface area contributed by atoms with Gasteiger partial charge in [0.15, 0.2) is 0 Å². The third-order valence-electron chi connectivity index (χ3n) is 5.19. The summed E-state index contributed by atoms with van der Waals surface area (Å²) in [5.74, 6) is 0.0760. The van der Waals surface area contributed by atoms with Crippen molar-refractivity contribution < 1.29 is 22.8 Å². The summed E-state index contributed by atoms with van der Waals surface area (Å²) < 4.78 is 39.4. The average molecular weight is 419 g/mol. The second-order valence-corrected chi connectivity index (χ2v) is 7.49. The fourth-order valence-corrected chi connectivity index (χ4v) is 3.25. The summed E-state index contributed by atoms with van der Waals surface area (Å²) in [5, 5.41) is 5.57. The van der Waals surface area contributed by atoms with Gasteiger partial charge in [0.2, 0.25) is 5.91 Å². The minimum Gasteiger partial charge on any atom is -0.334 e. The fraction of sp³-hybridized carbons (Fsp3) is 0.364. The van der Waals surface area contributed by atoms with Crippen molar-refractivity contribution in [2.24, 2.45) is 5.92 Å². The first-order chi connectivity index (χ1) is 14.2. The number of benzene rings is 2. The highest BCUT2D eigenvalue weighted by Crippen LogP contribution is 2.32. The van der Waals surface area contributed by atoms with E-state index in [9.17, 15) is 22.8 Å². The van der Waals surface area contributed by atoms with Gasteiger partial charge in [-0.15, -0.1) is 0 Å². The Morgan fingerprint density at radius 1 is 1.10 bits per heavy atom. The number of halogens is 3. The van der Waals surface area contributed by atoms with Crippen molar-refractivity contribution in [2.75, 3.05) is 12.4 Å². The molecule has 0 aromatic heterocycles. The topological polar surface area (TPSA) is 61.4 Å². The third kappa shape index (κ3) is 5.52. The minimum absolute atomic E-state index is 0.00509. The molecule has 2 N–H and O–H groups in total. The predicted octanol–water partition coefficient (Wildman–Crippen LogP) is 4.79.